The standard InChI is InChI=1S/C21H18N6O2S/c22-20(28)18-11-16(7-9-24-18)29-15-3-1-14(2-4-15)25-19-6-5-17(26-21(23)27-19)13-8-10-30-12-13/h1-12,17H,(H2,22,28)(H3,23,25,26,27). The number of primary amides is 1. The van der Waals surface area contributed by atoms with Crippen LogP contribution in [0.25, 0.3) is 0 Å². The molecular formula is C21H18N6O2S. The first-order valence-corrected chi connectivity index (χ1v) is 9.94. The van der Waals surface area contributed by atoms with Gasteiger partial charge < -0.3 is 21.5 Å². The van der Waals surface area contributed by atoms with Gasteiger partial charge in [-0.15, -0.1) is 0 Å². The van der Waals surface area contributed by atoms with E-state index in [9.17, 15) is 4.79 Å². The summed E-state index contributed by atoms with van der Waals surface area (Å²) in [5, 5.41) is 7.25. The van der Waals surface area contributed by atoms with Gasteiger partial charge in [-0.1, -0.05) is 6.08 Å². The molecule has 150 valence electrons. The summed E-state index contributed by atoms with van der Waals surface area (Å²) in [5.74, 6) is 1.25. The minimum absolute atomic E-state index is 0.143. The van der Waals surface area contributed by atoms with Crippen molar-refractivity contribution in [2.75, 3.05) is 5.32 Å². The minimum atomic E-state index is -0.610. The number of aliphatic imine (C=N–C) groups is 2. The van der Waals surface area contributed by atoms with Gasteiger partial charge in [0.15, 0.2) is 0 Å². The van der Waals surface area contributed by atoms with Crippen LogP contribution in [0.2, 0.25) is 0 Å². The minimum Gasteiger partial charge on any atom is -0.457 e. The fourth-order valence-corrected chi connectivity index (χ4v) is 3.44. The number of thiophene rings is 1. The van der Waals surface area contributed by atoms with Crippen molar-refractivity contribution in [2.24, 2.45) is 21.5 Å². The van der Waals surface area contributed by atoms with Crippen LogP contribution in [0, 0.1) is 0 Å². The van der Waals surface area contributed by atoms with E-state index in [0.29, 0.717) is 17.3 Å². The average molecular weight is 418 g/mol. The molecule has 0 bridgehead atoms. The van der Waals surface area contributed by atoms with Gasteiger partial charge >= 0.3 is 0 Å². The van der Waals surface area contributed by atoms with Crippen LogP contribution in [0.4, 0.5) is 5.69 Å². The SMILES string of the molecule is NC(=O)c1cc(Oc2ccc(NC3=NC(N)=NC(c4ccsc4)C=C3)cc2)ccn1. The molecule has 3 heterocycles. The summed E-state index contributed by atoms with van der Waals surface area (Å²) < 4.78 is 5.75. The summed E-state index contributed by atoms with van der Waals surface area (Å²) >= 11 is 1.61. The number of nitrogens with zero attached hydrogens (tertiary/aromatic N) is 3. The maximum absolute atomic E-state index is 11.2. The van der Waals surface area contributed by atoms with Crippen molar-refractivity contribution in [3.05, 3.63) is 82.8 Å². The van der Waals surface area contributed by atoms with Crippen molar-refractivity contribution in [1.29, 1.82) is 0 Å². The predicted molar refractivity (Wildman–Crippen MR) is 118 cm³/mol. The number of aromatic nitrogens is 1. The summed E-state index contributed by atoms with van der Waals surface area (Å²) in [5.41, 5.74) is 13.2. The molecule has 1 aliphatic heterocycles. The molecule has 0 radical (unpaired) electrons. The Morgan fingerprint density at radius 1 is 1.13 bits per heavy atom. The van der Waals surface area contributed by atoms with E-state index in [2.05, 4.69) is 20.3 Å². The molecule has 0 fully saturated rings. The summed E-state index contributed by atoms with van der Waals surface area (Å²) in [6.45, 7) is 0. The second-order valence-electron chi connectivity index (χ2n) is 6.34. The number of nitrogens with one attached hydrogen (secondary N) is 1. The molecule has 0 saturated carbocycles. The molecule has 9 heteroatoms. The van der Waals surface area contributed by atoms with Crippen LogP contribution in [-0.2, 0) is 0 Å². The Balaban J connectivity index is 1.43. The zero-order valence-electron chi connectivity index (χ0n) is 15.7. The van der Waals surface area contributed by atoms with E-state index in [4.69, 9.17) is 16.2 Å². The van der Waals surface area contributed by atoms with Crippen LogP contribution in [0.1, 0.15) is 22.1 Å². The van der Waals surface area contributed by atoms with E-state index in [0.717, 1.165) is 11.3 Å². The first-order valence-electron chi connectivity index (χ1n) is 9.00. The lowest BCUT2D eigenvalue weighted by Gasteiger charge is -2.09. The molecule has 0 saturated heterocycles. The first-order chi connectivity index (χ1) is 14.6. The lowest BCUT2D eigenvalue weighted by molar-refractivity contribution is 0.0995. The highest BCUT2D eigenvalue weighted by Gasteiger charge is 2.12. The highest BCUT2D eigenvalue weighted by atomic mass is 32.1. The van der Waals surface area contributed by atoms with Crippen LogP contribution in [0.3, 0.4) is 0 Å². The number of hydrogen-bond acceptors (Lipinski definition) is 8. The fourth-order valence-electron chi connectivity index (χ4n) is 2.76. The number of hydrogen-bond donors (Lipinski definition) is 3. The van der Waals surface area contributed by atoms with Gasteiger partial charge in [0.2, 0.25) is 5.96 Å². The largest absolute Gasteiger partial charge is 0.457 e. The summed E-state index contributed by atoms with van der Waals surface area (Å²) in [7, 11) is 0. The molecule has 1 aliphatic rings. The number of benzene rings is 1. The number of guanidine groups is 1. The monoisotopic (exact) mass is 418 g/mol. The second-order valence-corrected chi connectivity index (χ2v) is 7.12. The van der Waals surface area contributed by atoms with E-state index >= 15 is 0 Å². The third-order valence-electron chi connectivity index (χ3n) is 4.17. The van der Waals surface area contributed by atoms with Crippen molar-refractivity contribution in [1.82, 2.24) is 4.98 Å². The van der Waals surface area contributed by atoms with Gasteiger partial charge in [0.25, 0.3) is 5.91 Å². The number of amides is 1. The molecule has 8 nitrogen and oxygen atoms in total. The lowest BCUT2D eigenvalue weighted by Crippen LogP contribution is -2.15. The number of rotatable bonds is 5. The molecule has 30 heavy (non-hydrogen) atoms. The van der Waals surface area contributed by atoms with Crippen molar-refractivity contribution in [3.63, 3.8) is 0 Å². The van der Waals surface area contributed by atoms with Crippen molar-refractivity contribution in [3.8, 4) is 11.5 Å². The number of carbonyl (C=O) groups excluding carboxylic acids is 1. The van der Waals surface area contributed by atoms with Crippen LogP contribution in [0.15, 0.2) is 81.6 Å². The van der Waals surface area contributed by atoms with E-state index in [-0.39, 0.29) is 17.7 Å². The Kier molecular flexibility index (Phi) is 5.53. The van der Waals surface area contributed by atoms with Crippen LogP contribution >= 0.6 is 11.3 Å². The lowest BCUT2D eigenvalue weighted by atomic mass is 10.1. The van der Waals surface area contributed by atoms with Gasteiger partial charge in [-0.05, 0) is 58.8 Å². The third-order valence-corrected chi connectivity index (χ3v) is 4.88. The van der Waals surface area contributed by atoms with Crippen molar-refractivity contribution in [2.45, 2.75) is 6.04 Å². The summed E-state index contributed by atoms with van der Waals surface area (Å²) in [4.78, 5) is 23.9. The molecule has 3 aromatic rings. The van der Waals surface area contributed by atoms with E-state index in [1.54, 1.807) is 29.5 Å². The Morgan fingerprint density at radius 2 is 1.97 bits per heavy atom. The maximum Gasteiger partial charge on any atom is 0.267 e. The molecule has 0 spiro atoms. The molecule has 1 unspecified atom stereocenters. The average Bonchev–Trinajstić information content (AvgIpc) is 3.21. The van der Waals surface area contributed by atoms with Crippen molar-refractivity contribution < 1.29 is 9.53 Å². The molecule has 2 aromatic heterocycles. The number of ether oxygens (including phenoxy) is 1. The molecule has 4 rings (SSSR count). The van der Waals surface area contributed by atoms with Crippen LogP contribution < -0.4 is 21.5 Å². The number of anilines is 1. The Hall–Kier alpha value is -3.98. The summed E-state index contributed by atoms with van der Waals surface area (Å²) in [6, 6.07) is 12.3. The Bertz CT molecular complexity index is 1140. The predicted octanol–water partition coefficient (Wildman–Crippen LogP) is 3.47. The Morgan fingerprint density at radius 3 is 2.70 bits per heavy atom. The van der Waals surface area contributed by atoms with Crippen LogP contribution in [-0.4, -0.2) is 22.7 Å². The molecule has 1 aromatic carbocycles. The highest BCUT2D eigenvalue weighted by Crippen LogP contribution is 2.25. The Labute approximate surface area is 176 Å². The molecule has 0 aliphatic carbocycles. The second kappa shape index (κ2) is 8.58. The smallest absolute Gasteiger partial charge is 0.267 e. The molecule has 1 amide bonds. The van der Waals surface area contributed by atoms with Gasteiger partial charge in [0.1, 0.15) is 23.0 Å². The first kappa shape index (κ1) is 19.3. The van der Waals surface area contributed by atoms with Crippen LogP contribution in [0.5, 0.6) is 11.5 Å². The van der Waals surface area contributed by atoms with E-state index in [1.165, 1.54) is 12.3 Å². The number of amidine groups is 1. The number of carbonyl (C=O) groups is 1. The quantitative estimate of drug-likeness (QED) is 0.584. The summed E-state index contributed by atoms with van der Waals surface area (Å²) in [6.07, 6.45) is 5.28. The maximum atomic E-state index is 11.2. The van der Waals surface area contributed by atoms with E-state index in [1.807, 2.05) is 41.1 Å². The molecule has 1 atom stereocenters. The van der Waals surface area contributed by atoms with Gasteiger partial charge in [-0.3, -0.25) is 9.78 Å². The van der Waals surface area contributed by atoms with Gasteiger partial charge in [0, 0.05) is 18.0 Å². The van der Waals surface area contributed by atoms with Gasteiger partial charge in [-0.25, -0.2) is 4.99 Å². The van der Waals surface area contributed by atoms with Crippen molar-refractivity contribution >= 4 is 34.7 Å². The zero-order chi connectivity index (χ0) is 20.9. The fraction of sp³-hybridized carbons (Fsp3) is 0.0476. The normalized spacial score (nSPS) is 15.7. The topological polar surface area (TPSA) is 128 Å². The third kappa shape index (κ3) is 4.70. The van der Waals surface area contributed by atoms with E-state index < -0.39 is 5.91 Å². The highest BCUT2D eigenvalue weighted by molar-refractivity contribution is 7.08. The molecule has 5 N–H and O–H groups in total. The number of nitrogens with two attached hydrogens (primary N) is 2. The van der Waals surface area contributed by atoms with Gasteiger partial charge in [-0.2, -0.15) is 16.3 Å². The number of pyridine rings is 1. The van der Waals surface area contributed by atoms with Gasteiger partial charge in [0.05, 0.1) is 6.04 Å². The molecular weight excluding hydrogens is 400 g/mol. The zero-order valence-corrected chi connectivity index (χ0v) is 16.5.